The van der Waals surface area contributed by atoms with Gasteiger partial charge in [0.2, 0.25) is 0 Å². The molecule has 1 heterocycles. The van der Waals surface area contributed by atoms with Gasteiger partial charge in [-0.15, -0.1) is 0 Å². The summed E-state index contributed by atoms with van der Waals surface area (Å²) < 4.78 is 19.7. The van der Waals surface area contributed by atoms with Gasteiger partial charge in [-0.05, 0) is 29.8 Å². The lowest BCUT2D eigenvalue weighted by Crippen LogP contribution is -2.01. The Bertz CT molecular complexity index is 628. The molecule has 0 aliphatic carbocycles. The van der Waals surface area contributed by atoms with E-state index in [0.29, 0.717) is 0 Å². The van der Waals surface area contributed by atoms with Crippen LogP contribution in [0.5, 0.6) is 0 Å². The fourth-order valence-electron chi connectivity index (χ4n) is 1.92. The first kappa shape index (κ1) is 11.8. The van der Waals surface area contributed by atoms with Crippen molar-refractivity contribution in [1.82, 2.24) is 0 Å². The van der Waals surface area contributed by atoms with E-state index in [1.54, 1.807) is 11.8 Å². The molecule has 2 aromatic carbocycles. The zero-order valence-corrected chi connectivity index (χ0v) is 11.1. The van der Waals surface area contributed by atoms with Gasteiger partial charge in [-0.1, -0.05) is 30.0 Å². The van der Waals surface area contributed by atoms with Crippen LogP contribution in [0.15, 0.2) is 52.3 Å². The van der Waals surface area contributed by atoms with E-state index in [4.69, 9.17) is 4.55 Å². The SMILES string of the molecule is O=S(O)Cc1ccc2c(c1)Nc1ccccc1S2. The standard InChI is InChI=1S/C13H11NO2S2/c15-18(16)8-9-5-6-13-11(7-9)14-10-3-1-2-4-12(10)17-13/h1-7,14H,8H2,(H,15,16). The van der Waals surface area contributed by atoms with E-state index in [1.807, 2.05) is 36.4 Å². The van der Waals surface area contributed by atoms with Gasteiger partial charge in [-0.3, -0.25) is 0 Å². The lowest BCUT2D eigenvalue weighted by atomic mass is 10.2. The van der Waals surface area contributed by atoms with Crippen molar-refractivity contribution in [2.45, 2.75) is 15.5 Å². The number of hydrogen-bond donors (Lipinski definition) is 2. The molecule has 0 spiro atoms. The van der Waals surface area contributed by atoms with Gasteiger partial charge in [-0.25, -0.2) is 4.21 Å². The van der Waals surface area contributed by atoms with Gasteiger partial charge in [0.05, 0.1) is 17.1 Å². The van der Waals surface area contributed by atoms with Gasteiger partial charge in [0.1, 0.15) is 0 Å². The zero-order chi connectivity index (χ0) is 12.5. The molecular weight excluding hydrogens is 266 g/mol. The molecule has 1 unspecified atom stereocenters. The average molecular weight is 277 g/mol. The Kier molecular flexibility index (Phi) is 3.11. The van der Waals surface area contributed by atoms with Crippen LogP contribution in [0.4, 0.5) is 11.4 Å². The van der Waals surface area contributed by atoms with Gasteiger partial charge < -0.3 is 9.87 Å². The van der Waals surface area contributed by atoms with Crippen molar-refractivity contribution in [1.29, 1.82) is 0 Å². The summed E-state index contributed by atoms with van der Waals surface area (Å²) >= 11 is -0.0878. The summed E-state index contributed by atoms with van der Waals surface area (Å²) in [6, 6.07) is 13.9. The van der Waals surface area contributed by atoms with E-state index in [0.717, 1.165) is 21.8 Å². The molecule has 0 radical (unpaired) electrons. The van der Waals surface area contributed by atoms with Crippen molar-refractivity contribution >= 4 is 34.2 Å². The number of anilines is 2. The highest BCUT2D eigenvalue weighted by molar-refractivity contribution is 7.99. The Hall–Kier alpha value is -1.30. The number of para-hydroxylation sites is 1. The first-order valence-electron chi connectivity index (χ1n) is 5.47. The third-order valence-electron chi connectivity index (χ3n) is 2.71. The molecule has 0 bridgehead atoms. The third-order valence-corrected chi connectivity index (χ3v) is 4.44. The monoisotopic (exact) mass is 277 g/mol. The number of rotatable bonds is 2. The molecular formula is C13H11NO2S2. The molecule has 0 amide bonds. The first-order chi connectivity index (χ1) is 8.72. The molecule has 1 aliphatic rings. The third kappa shape index (κ3) is 2.29. The van der Waals surface area contributed by atoms with E-state index in [1.165, 1.54) is 4.90 Å². The van der Waals surface area contributed by atoms with Crippen LogP contribution in [0.1, 0.15) is 5.56 Å². The molecule has 3 nitrogen and oxygen atoms in total. The van der Waals surface area contributed by atoms with E-state index >= 15 is 0 Å². The maximum Gasteiger partial charge on any atom is 0.157 e. The molecule has 2 N–H and O–H groups in total. The molecule has 2 aromatic rings. The molecule has 0 saturated carbocycles. The van der Waals surface area contributed by atoms with Crippen molar-refractivity contribution in [3.05, 3.63) is 48.0 Å². The predicted molar refractivity (Wildman–Crippen MR) is 74.8 cm³/mol. The number of benzene rings is 2. The first-order valence-corrected chi connectivity index (χ1v) is 7.56. The fourth-order valence-corrected chi connectivity index (χ4v) is 3.35. The van der Waals surface area contributed by atoms with Crippen molar-refractivity contribution in [3.8, 4) is 0 Å². The van der Waals surface area contributed by atoms with Crippen LogP contribution in [0.25, 0.3) is 0 Å². The topological polar surface area (TPSA) is 49.3 Å². The summed E-state index contributed by atoms with van der Waals surface area (Å²) in [5.74, 6) is 0.168. The molecule has 92 valence electrons. The van der Waals surface area contributed by atoms with Crippen LogP contribution in [0.2, 0.25) is 0 Å². The highest BCUT2D eigenvalue weighted by Crippen LogP contribution is 2.44. The van der Waals surface area contributed by atoms with Crippen LogP contribution in [-0.2, 0) is 16.8 Å². The van der Waals surface area contributed by atoms with E-state index in [-0.39, 0.29) is 5.75 Å². The van der Waals surface area contributed by atoms with E-state index < -0.39 is 11.1 Å². The van der Waals surface area contributed by atoms with Crippen LogP contribution < -0.4 is 5.32 Å². The Morgan fingerprint density at radius 1 is 1.11 bits per heavy atom. The lowest BCUT2D eigenvalue weighted by molar-refractivity contribution is 0.563. The summed E-state index contributed by atoms with van der Waals surface area (Å²) in [5, 5.41) is 3.35. The summed E-state index contributed by atoms with van der Waals surface area (Å²) in [7, 11) is 0. The molecule has 0 fully saturated rings. The fraction of sp³-hybridized carbons (Fsp3) is 0.0769. The largest absolute Gasteiger partial charge is 0.354 e. The second-order valence-corrected chi connectivity index (χ2v) is 6.03. The van der Waals surface area contributed by atoms with Gasteiger partial charge in [-0.2, -0.15) is 0 Å². The van der Waals surface area contributed by atoms with Crippen LogP contribution in [-0.4, -0.2) is 8.76 Å². The van der Waals surface area contributed by atoms with Crippen molar-refractivity contribution in [3.63, 3.8) is 0 Å². The highest BCUT2D eigenvalue weighted by atomic mass is 32.2. The normalized spacial score (nSPS) is 14.3. The van der Waals surface area contributed by atoms with Gasteiger partial charge in [0.15, 0.2) is 11.1 Å². The molecule has 1 atom stereocenters. The minimum absolute atomic E-state index is 0.168. The van der Waals surface area contributed by atoms with Crippen molar-refractivity contribution in [2.75, 3.05) is 5.32 Å². The van der Waals surface area contributed by atoms with Crippen LogP contribution in [0.3, 0.4) is 0 Å². The molecule has 1 aliphatic heterocycles. The number of fused-ring (bicyclic) bond motifs is 2. The Labute approximate surface area is 112 Å². The maximum absolute atomic E-state index is 10.8. The summed E-state index contributed by atoms with van der Waals surface area (Å²) in [4.78, 5) is 2.34. The Morgan fingerprint density at radius 2 is 1.89 bits per heavy atom. The summed E-state index contributed by atoms with van der Waals surface area (Å²) in [6.07, 6.45) is 0. The summed E-state index contributed by atoms with van der Waals surface area (Å²) in [5.41, 5.74) is 2.95. The molecule has 0 aromatic heterocycles. The smallest absolute Gasteiger partial charge is 0.157 e. The van der Waals surface area contributed by atoms with E-state index in [9.17, 15) is 4.21 Å². The number of nitrogens with one attached hydrogen (secondary N) is 1. The molecule has 18 heavy (non-hydrogen) atoms. The Balaban J connectivity index is 1.96. The van der Waals surface area contributed by atoms with Crippen molar-refractivity contribution in [2.24, 2.45) is 0 Å². The highest BCUT2D eigenvalue weighted by Gasteiger charge is 2.15. The summed E-state index contributed by atoms with van der Waals surface area (Å²) in [6.45, 7) is 0. The van der Waals surface area contributed by atoms with Gasteiger partial charge in [0, 0.05) is 9.79 Å². The molecule has 0 saturated heterocycles. The molecule has 5 heteroatoms. The lowest BCUT2D eigenvalue weighted by Gasteiger charge is -2.21. The minimum Gasteiger partial charge on any atom is -0.354 e. The quantitative estimate of drug-likeness (QED) is 0.702. The second kappa shape index (κ2) is 4.76. The number of hydrogen-bond acceptors (Lipinski definition) is 3. The predicted octanol–water partition coefficient (Wildman–Crippen LogP) is 3.62. The van der Waals surface area contributed by atoms with Crippen LogP contribution >= 0.6 is 11.8 Å². The second-order valence-electron chi connectivity index (χ2n) is 4.02. The van der Waals surface area contributed by atoms with E-state index in [2.05, 4.69) is 11.4 Å². The minimum atomic E-state index is -1.80. The van der Waals surface area contributed by atoms with Gasteiger partial charge >= 0.3 is 0 Å². The maximum atomic E-state index is 10.8. The Morgan fingerprint density at radius 3 is 2.72 bits per heavy atom. The molecule has 3 rings (SSSR count). The van der Waals surface area contributed by atoms with Crippen molar-refractivity contribution < 1.29 is 8.76 Å². The zero-order valence-electron chi connectivity index (χ0n) is 9.42. The average Bonchev–Trinajstić information content (AvgIpc) is 2.35. The van der Waals surface area contributed by atoms with Crippen LogP contribution in [0, 0.1) is 0 Å². The van der Waals surface area contributed by atoms with Gasteiger partial charge in [0.25, 0.3) is 0 Å².